The molecule has 1 aliphatic carbocycles. The summed E-state index contributed by atoms with van der Waals surface area (Å²) in [6.45, 7) is 4.20. The highest BCUT2D eigenvalue weighted by Crippen LogP contribution is 2.28. The SMILES string of the molecule is Cc1nn(C)c2nc(NCCCN(C)C3CCCC3)sc12. The Morgan fingerprint density at radius 1 is 1.38 bits per heavy atom. The van der Waals surface area contributed by atoms with Crippen LogP contribution in [0.3, 0.4) is 0 Å². The van der Waals surface area contributed by atoms with Gasteiger partial charge in [-0.1, -0.05) is 24.2 Å². The van der Waals surface area contributed by atoms with E-state index < -0.39 is 0 Å². The molecule has 0 radical (unpaired) electrons. The largest absolute Gasteiger partial charge is 0.361 e. The first-order valence-electron chi connectivity index (χ1n) is 7.89. The zero-order chi connectivity index (χ0) is 14.8. The third-order valence-electron chi connectivity index (χ3n) is 4.46. The van der Waals surface area contributed by atoms with Gasteiger partial charge in [-0.25, -0.2) is 9.67 Å². The third-order valence-corrected chi connectivity index (χ3v) is 5.57. The average molecular weight is 307 g/mol. The van der Waals surface area contributed by atoms with E-state index in [2.05, 4.69) is 27.3 Å². The standard InChI is InChI=1S/C15H25N5S/c1-11-13-14(20(3)18-11)17-15(21-13)16-9-6-10-19(2)12-7-4-5-8-12/h12H,4-10H2,1-3H3,(H,16,17). The van der Waals surface area contributed by atoms with E-state index in [1.165, 1.54) is 43.3 Å². The number of aromatic nitrogens is 3. The molecule has 0 saturated heterocycles. The lowest BCUT2D eigenvalue weighted by molar-refractivity contribution is 0.245. The molecule has 0 aromatic carbocycles. The van der Waals surface area contributed by atoms with E-state index in [1.807, 2.05) is 18.7 Å². The second-order valence-corrected chi connectivity index (χ2v) is 7.08. The van der Waals surface area contributed by atoms with E-state index in [0.717, 1.165) is 29.1 Å². The Hall–Kier alpha value is -1.14. The zero-order valence-corrected chi connectivity index (χ0v) is 14.0. The maximum atomic E-state index is 4.62. The van der Waals surface area contributed by atoms with Crippen LogP contribution in [-0.4, -0.2) is 45.8 Å². The molecule has 0 amide bonds. The van der Waals surface area contributed by atoms with E-state index >= 15 is 0 Å². The number of hydrogen-bond donors (Lipinski definition) is 1. The normalized spacial score (nSPS) is 16.4. The number of fused-ring (bicyclic) bond motifs is 1. The van der Waals surface area contributed by atoms with Crippen LogP contribution >= 0.6 is 11.3 Å². The van der Waals surface area contributed by atoms with Crippen LogP contribution in [0, 0.1) is 6.92 Å². The predicted octanol–water partition coefficient (Wildman–Crippen LogP) is 3.01. The molecular formula is C15H25N5S. The third kappa shape index (κ3) is 3.21. The molecule has 21 heavy (non-hydrogen) atoms. The molecule has 1 fully saturated rings. The molecule has 2 heterocycles. The summed E-state index contributed by atoms with van der Waals surface area (Å²) in [4.78, 5) is 7.15. The van der Waals surface area contributed by atoms with Crippen molar-refractivity contribution in [1.82, 2.24) is 19.7 Å². The van der Waals surface area contributed by atoms with Crippen molar-refractivity contribution in [3.63, 3.8) is 0 Å². The van der Waals surface area contributed by atoms with Gasteiger partial charge in [0.15, 0.2) is 10.8 Å². The first-order valence-corrected chi connectivity index (χ1v) is 8.71. The summed E-state index contributed by atoms with van der Waals surface area (Å²) >= 11 is 1.71. The summed E-state index contributed by atoms with van der Waals surface area (Å²) < 4.78 is 3.06. The highest BCUT2D eigenvalue weighted by Gasteiger charge is 2.18. The fraction of sp³-hybridized carbons (Fsp3) is 0.733. The Balaban J connectivity index is 1.47. The summed E-state index contributed by atoms with van der Waals surface area (Å²) in [6.07, 6.45) is 6.75. The van der Waals surface area contributed by atoms with Crippen LogP contribution in [0.2, 0.25) is 0 Å². The molecule has 2 aromatic rings. The topological polar surface area (TPSA) is 46.0 Å². The molecule has 6 heteroatoms. The summed E-state index contributed by atoms with van der Waals surface area (Å²) in [7, 11) is 4.22. The second kappa shape index (κ2) is 6.32. The van der Waals surface area contributed by atoms with Crippen LogP contribution in [0.25, 0.3) is 10.3 Å². The Kier molecular flexibility index (Phi) is 4.45. The quantitative estimate of drug-likeness (QED) is 0.833. The first-order chi connectivity index (χ1) is 10.1. The molecule has 2 aromatic heterocycles. The maximum absolute atomic E-state index is 4.62. The van der Waals surface area contributed by atoms with Crippen molar-refractivity contribution in [2.24, 2.45) is 7.05 Å². The van der Waals surface area contributed by atoms with Crippen LogP contribution in [-0.2, 0) is 7.05 Å². The Morgan fingerprint density at radius 3 is 2.86 bits per heavy atom. The fourth-order valence-corrected chi connectivity index (χ4v) is 4.17. The predicted molar refractivity (Wildman–Crippen MR) is 89.1 cm³/mol. The summed E-state index contributed by atoms with van der Waals surface area (Å²) in [5, 5.41) is 8.86. The van der Waals surface area contributed by atoms with Crippen molar-refractivity contribution >= 4 is 26.8 Å². The van der Waals surface area contributed by atoms with Gasteiger partial charge in [0.2, 0.25) is 0 Å². The van der Waals surface area contributed by atoms with Crippen LogP contribution < -0.4 is 5.32 Å². The number of nitrogens with zero attached hydrogens (tertiary/aromatic N) is 4. The van der Waals surface area contributed by atoms with Crippen LogP contribution in [0.15, 0.2) is 0 Å². The molecule has 5 nitrogen and oxygen atoms in total. The number of anilines is 1. The van der Waals surface area contributed by atoms with Crippen molar-refractivity contribution in [3.05, 3.63) is 5.69 Å². The van der Waals surface area contributed by atoms with Gasteiger partial charge in [0.1, 0.15) is 0 Å². The van der Waals surface area contributed by atoms with Crippen molar-refractivity contribution < 1.29 is 0 Å². The van der Waals surface area contributed by atoms with Crippen molar-refractivity contribution in [2.45, 2.75) is 45.1 Å². The molecule has 1 aliphatic rings. The minimum absolute atomic E-state index is 0.821. The number of thiazole rings is 1. The number of rotatable bonds is 6. The van der Waals surface area contributed by atoms with Gasteiger partial charge in [-0.3, -0.25) is 0 Å². The fourth-order valence-electron chi connectivity index (χ4n) is 3.21. The molecule has 0 unspecified atom stereocenters. The number of nitrogens with one attached hydrogen (secondary N) is 1. The molecule has 116 valence electrons. The molecule has 0 aliphatic heterocycles. The Morgan fingerprint density at radius 2 is 2.14 bits per heavy atom. The number of aryl methyl sites for hydroxylation is 2. The zero-order valence-electron chi connectivity index (χ0n) is 13.2. The maximum Gasteiger partial charge on any atom is 0.185 e. The lowest BCUT2D eigenvalue weighted by atomic mass is 10.2. The van der Waals surface area contributed by atoms with E-state index in [4.69, 9.17) is 0 Å². The molecule has 1 N–H and O–H groups in total. The van der Waals surface area contributed by atoms with Gasteiger partial charge in [-0.2, -0.15) is 5.10 Å². The van der Waals surface area contributed by atoms with Crippen molar-refractivity contribution in [2.75, 3.05) is 25.5 Å². The van der Waals surface area contributed by atoms with Gasteiger partial charge in [0.05, 0.1) is 10.4 Å². The van der Waals surface area contributed by atoms with Gasteiger partial charge >= 0.3 is 0 Å². The van der Waals surface area contributed by atoms with E-state index in [1.54, 1.807) is 11.3 Å². The molecule has 3 rings (SSSR count). The molecule has 0 spiro atoms. The summed E-state index contributed by atoms with van der Waals surface area (Å²) in [6, 6.07) is 0.821. The Bertz CT molecular complexity index is 562. The monoisotopic (exact) mass is 307 g/mol. The molecule has 0 atom stereocenters. The summed E-state index contributed by atoms with van der Waals surface area (Å²) in [5.74, 6) is 0. The second-order valence-electron chi connectivity index (χ2n) is 6.08. The van der Waals surface area contributed by atoms with Crippen molar-refractivity contribution in [1.29, 1.82) is 0 Å². The molecule has 1 saturated carbocycles. The first kappa shape index (κ1) is 14.8. The van der Waals surface area contributed by atoms with E-state index in [0.29, 0.717) is 0 Å². The Labute approximate surface area is 130 Å². The highest BCUT2D eigenvalue weighted by molar-refractivity contribution is 7.22. The minimum atomic E-state index is 0.821. The number of hydrogen-bond acceptors (Lipinski definition) is 5. The van der Waals surface area contributed by atoms with Gasteiger partial charge in [0, 0.05) is 19.6 Å². The molecule has 0 bridgehead atoms. The minimum Gasteiger partial charge on any atom is -0.361 e. The molecular weight excluding hydrogens is 282 g/mol. The van der Waals surface area contributed by atoms with Gasteiger partial charge < -0.3 is 10.2 Å². The van der Waals surface area contributed by atoms with Crippen LogP contribution in [0.4, 0.5) is 5.13 Å². The lowest BCUT2D eigenvalue weighted by Crippen LogP contribution is -2.30. The van der Waals surface area contributed by atoms with E-state index in [9.17, 15) is 0 Å². The highest BCUT2D eigenvalue weighted by atomic mass is 32.1. The average Bonchev–Trinajstić information content (AvgIpc) is 3.15. The van der Waals surface area contributed by atoms with Gasteiger partial charge in [0.25, 0.3) is 0 Å². The van der Waals surface area contributed by atoms with Gasteiger partial charge in [-0.05, 0) is 39.8 Å². The van der Waals surface area contributed by atoms with Crippen molar-refractivity contribution in [3.8, 4) is 0 Å². The van der Waals surface area contributed by atoms with Crippen LogP contribution in [0.1, 0.15) is 37.8 Å². The van der Waals surface area contributed by atoms with Gasteiger partial charge in [-0.15, -0.1) is 0 Å². The van der Waals surface area contributed by atoms with E-state index in [-0.39, 0.29) is 0 Å². The lowest BCUT2D eigenvalue weighted by Gasteiger charge is -2.23. The summed E-state index contributed by atoms with van der Waals surface area (Å²) in [5.41, 5.74) is 2.06. The van der Waals surface area contributed by atoms with Crippen LogP contribution in [0.5, 0.6) is 0 Å². The smallest absolute Gasteiger partial charge is 0.185 e.